The quantitative estimate of drug-likeness (QED) is 0.170. The van der Waals surface area contributed by atoms with Crippen LogP contribution in [0.25, 0.3) is 0 Å². The highest BCUT2D eigenvalue weighted by Crippen LogP contribution is 2.36. The summed E-state index contributed by atoms with van der Waals surface area (Å²) in [4.78, 5) is 15.4. The highest BCUT2D eigenvalue weighted by atomic mass is 32.2. The molecule has 4 rings (SSSR count). The molecule has 0 saturated carbocycles. The fourth-order valence-corrected chi connectivity index (χ4v) is 6.94. The largest absolute Gasteiger partial charge is 0.451 e. The maximum atomic E-state index is 13.9. The van der Waals surface area contributed by atoms with Crippen molar-refractivity contribution in [1.82, 2.24) is 0 Å². The van der Waals surface area contributed by atoms with E-state index in [0.717, 1.165) is 26.7 Å². The molecule has 1 aliphatic rings. The van der Waals surface area contributed by atoms with E-state index in [1.54, 1.807) is 12.1 Å². The molecule has 1 saturated heterocycles. The van der Waals surface area contributed by atoms with Crippen LogP contribution in [0.5, 0.6) is 0 Å². The van der Waals surface area contributed by atoms with E-state index in [0.29, 0.717) is 20.1 Å². The number of benzene rings is 3. The Kier molecular flexibility index (Phi) is 9.20. The zero-order valence-corrected chi connectivity index (χ0v) is 25.7. The lowest BCUT2D eigenvalue weighted by Gasteiger charge is -2.34. The fourth-order valence-electron chi connectivity index (χ4n) is 4.43. The number of halogens is 2. The summed E-state index contributed by atoms with van der Waals surface area (Å²) in [6.07, 6.45) is -1.55. The summed E-state index contributed by atoms with van der Waals surface area (Å²) >= 11 is 0. The van der Waals surface area contributed by atoms with Gasteiger partial charge < -0.3 is 14.2 Å². The van der Waals surface area contributed by atoms with Crippen LogP contribution in [0.2, 0.25) is 0 Å². The third-order valence-electron chi connectivity index (χ3n) is 7.04. The molecule has 2 unspecified atom stereocenters. The maximum Gasteiger partial charge on any atom is 0.405 e. The van der Waals surface area contributed by atoms with Crippen molar-refractivity contribution in [2.24, 2.45) is 0 Å². The normalized spacial score (nSPS) is 17.3. The Morgan fingerprint density at radius 3 is 1.81 bits per heavy atom. The molecule has 0 spiro atoms. The number of carbonyl (C=O) groups is 1. The van der Waals surface area contributed by atoms with Crippen LogP contribution >= 0.6 is 0 Å². The molecule has 1 aliphatic heterocycles. The number of rotatable bonds is 8. The molecule has 226 valence electrons. The summed E-state index contributed by atoms with van der Waals surface area (Å²) in [5, 5.41) is -4.65. The molecule has 2 atom stereocenters. The van der Waals surface area contributed by atoms with Crippen LogP contribution in [0.3, 0.4) is 0 Å². The van der Waals surface area contributed by atoms with Crippen molar-refractivity contribution in [2.45, 2.75) is 78.3 Å². The summed E-state index contributed by atoms with van der Waals surface area (Å²) in [5.41, 5.74) is 2.00. The topological polar surface area (TPSA) is 99.1 Å². The first-order valence-corrected chi connectivity index (χ1v) is 16.1. The molecule has 42 heavy (non-hydrogen) atoms. The van der Waals surface area contributed by atoms with Crippen molar-refractivity contribution in [3.05, 3.63) is 89.5 Å². The van der Waals surface area contributed by atoms with Crippen LogP contribution < -0.4 is 0 Å². The van der Waals surface area contributed by atoms with Crippen LogP contribution in [-0.2, 0) is 46.4 Å². The Labute approximate surface area is 248 Å². The average molecular weight is 622 g/mol. The monoisotopic (exact) mass is 621 g/mol. The molecule has 0 aliphatic carbocycles. The lowest BCUT2D eigenvalue weighted by atomic mass is 9.87. The molecule has 0 radical (unpaired) electrons. The third-order valence-corrected chi connectivity index (χ3v) is 10.3. The van der Waals surface area contributed by atoms with Gasteiger partial charge in [0.2, 0.25) is 0 Å². The highest BCUT2D eigenvalue weighted by molar-refractivity contribution is 7.97. The van der Waals surface area contributed by atoms with Crippen LogP contribution in [0.4, 0.5) is 8.78 Å². The van der Waals surface area contributed by atoms with E-state index in [9.17, 15) is 22.0 Å². The first-order valence-electron chi connectivity index (χ1n) is 13.4. The van der Waals surface area contributed by atoms with E-state index in [2.05, 4.69) is 49.8 Å². The van der Waals surface area contributed by atoms with Gasteiger partial charge in [-0.05, 0) is 91.9 Å². The van der Waals surface area contributed by atoms with Gasteiger partial charge in [-0.3, -0.25) is 4.55 Å². The summed E-state index contributed by atoms with van der Waals surface area (Å²) in [5.74, 6) is -1.97. The minimum absolute atomic E-state index is 0.0282. The van der Waals surface area contributed by atoms with Gasteiger partial charge in [0.1, 0.15) is 0 Å². The second kappa shape index (κ2) is 12.0. The first-order chi connectivity index (χ1) is 19.5. The minimum Gasteiger partial charge on any atom is -0.451 e. The predicted molar refractivity (Wildman–Crippen MR) is 155 cm³/mol. The first kappa shape index (κ1) is 32.1. The van der Waals surface area contributed by atoms with Crippen LogP contribution in [0, 0.1) is 0 Å². The molecule has 3 aromatic rings. The van der Waals surface area contributed by atoms with Crippen molar-refractivity contribution < 1.29 is 40.8 Å². The van der Waals surface area contributed by atoms with Crippen LogP contribution in [0.15, 0.2) is 87.5 Å². The summed E-state index contributed by atoms with van der Waals surface area (Å²) in [6, 6.07) is 22.6. The number of esters is 1. The van der Waals surface area contributed by atoms with Crippen molar-refractivity contribution >= 4 is 27.0 Å². The van der Waals surface area contributed by atoms with Gasteiger partial charge in [0, 0.05) is 5.56 Å². The van der Waals surface area contributed by atoms with Crippen LogP contribution in [0.1, 0.15) is 62.5 Å². The van der Waals surface area contributed by atoms with Gasteiger partial charge in [-0.1, -0.05) is 32.9 Å². The SMILES string of the molecule is CC(OC(=O)c1ccc([S+](c2ccc(C(C)(C)C)cc2)c2ccc(C3(C)OCCCO3)cc2)cc1)C(F)(F)S(=O)(=O)O. The molecule has 1 N–H and O–H groups in total. The minimum atomic E-state index is -5.76. The highest BCUT2D eigenvalue weighted by Gasteiger charge is 2.52. The van der Waals surface area contributed by atoms with Gasteiger partial charge >= 0.3 is 21.3 Å². The lowest BCUT2D eigenvalue weighted by molar-refractivity contribution is -0.264. The van der Waals surface area contributed by atoms with Gasteiger partial charge in [-0.2, -0.15) is 17.2 Å². The number of hydrogen-bond acceptors (Lipinski definition) is 6. The van der Waals surface area contributed by atoms with E-state index < -0.39 is 44.1 Å². The molecular formula is C31H35F2O7S2+. The summed E-state index contributed by atoms with van der Waals surface area (Å²) in [6.45, 7) is 10.2. The van der Waals surface area contributed by atoms with E-state index in [1.807, 2.05) is 31.2 Å². The molecule has 11 heteroatoms. The molecule has 1 heterocycles. The Morgan fingerprint density at radius 1 is 0.905 bits per heavy atom. The van der Waals surface area contributed by atoms with Crippen molar-refractivity contribution in [1.29, 1.82) is 0 Å². The molecular weight excluding hydrogens is 586 g/mol. The Bertz CT molecular complexity index is 1490. The molecule has 0 bridgehead atoms. The molecule has 3 aromatic carbocycles. The van der Waals surface area contributed by atoms with Crippen molar-refractivity contribution in [2.75, 3.05) is 13.2 Å². The van der Waals surface area contributed by atoms with E-state index in [1.165, 1.54) is 17.7 Å². The molecule has 7 nitrogen and oxygen atoms in total. The van der Waals surface area contributed by atoms with Crippen molar-refractivity contribution in [3.8, 4) is 0 Å². The molecule has 0 amide bonds. The smallest absolute Gasteiger partial charge is 0.405 e. The average Bonchev–Trinajstić information content (AvgIpc) is 2.93. The third kappa shape index (κ3) is 6.86. The number of alkyl halides is 2. The van der Waals surface area contributed by atoms with Crippen molar-refractivity contribution in [3.63, 3.8) is 0 Å². The van der Waals surface area contributed by atoms with Gasteiger partial charge in [0.05, 0.1) is 29.7 Å². The second-order valence-corrected chi connectivity index (χ2v) is 14.7. The zero-order chi connectivity index (χ0) is 30.9. The number of carbonyl (C=O) groups excluding carboxylic acids is 1. The summed E-state index contributed by atoms with van der Waals surface area (Å²) < 4.78 is 75.1. The van der Waals surface area contributed by atoms with E-state index in [-0.39, 0.29) is 11.0 Å². The zero-order valence-electron chi connectivity index (χ0n) is 24.1. The molecule has 1 fully saturated rings. The Morgan fingerprint density at radius 2 is 1.36 bits per heavy atom. The van der Waals surface area contributed by atoms with Gasteiger partial charge in [-0.15, -0.1) is 0 Å². The standard InChI is InChI=1S/C31H34F2O7S2/c1-21(31(32,33)42(35,36)37)40-28(34)22-7-13-25(14-8-22)41(26-15-9-23(10-16-26)29(2,3)4)27-17-11-24(12-18-27)30(5)38-19-6-20-39-30/h7-18,21H,6,19-20H2,1-5H3/p+1. The summed E-state index contributed by atoms with van der Waals surface area (Å²) in [7, 11) is -6.36. The second-order valence-electron chi connectivity index (χ2n) is 11.2. The van der Waals surface area contributed by atoms with Gasteiger partial charge in [0.25, 0.3) is 0 Å². The number of ether oxygens (including phenoxy) is 3. The number of hydrogen-bond donors (Lipinski definition) is 1. The predicted octanol–water partition coefficient (Wildman–Crippen LogP) is 6.72. The lowest BCUT2D eigenvalue weighted by Crippen LogP contribution is -2.42. The molecule has 0 aromatic heterocycles. The van der Waals surface area contributed by atoms with Crippen LogP contribution in [-0.4, -0.2) is 43.5 Å². The fraction of sp³-hybridized carbons (Fsp3) is 0.387. The van der Waals surface area contributed by atoms with Gasteiger partial charge in [0.15, 0.2) is 26.6 Å². The van der Waals surface area contributed by atoms with E-state index in [4.69, 9.17) is 14.0 Å². The maximum absolute atomic E-state index is 13.9. The Hall–Kier alpha value is -2.83. The van der Waals surface area contributed by atoms with Gasteiger partial charge in [-0.25, -0.2) is 4.79 Å². The Balaban J connectivity index is 1.66. The van der Waals surface area contributed by atoms with E-state index >= 15 is 0 Å².